The lowest BCUT2D eigenvalue weighted by molar-refractivity contribution is 0.631. The number of hydrogen-bond acceptors (Lipinski definition) is 2. The van der Waals surface area contributed by atoms with Gasteiger partial charge in [-0.05, 0) is 116 Å². The van der Waals surface area contributed by atoms with E-state index >= 15 is 0 Å². The van der Waals surface area contributed by atoms with Crippen LogP contribution >= 0.6 is 0 Å². The number of nitrogens with zero attached hydrogens (tertiary/aromatic N) is 1. The fourth-order valence-electron chi connectivity index (χ4n) is 7.93. The molecule has 1 heterocycles. The van der Waals surface area contributed by atoms with Gasteiger partial charge in [-0.2, -0.15) is 0 Å². The van der Waals surface area contributed by atoms with E-state index in [1.54, 1.807) is 0 Å². The molecule has 2 nitrogen and oxygen atoms in total. The molecule has 1 aromatic heterocycles. The average molecular weight is 742 g/mol. The Balaban J connectivity index is 1.00. The molecule has 0 aliphatic carbocycles. The van der Waals surface area contributed by atoms with Crippen LogP contribution in [0.2, 0.25) is 0 Å². The quantitative estimate of drug-likeness (QED) is 0.146. The molecular formula is C56H39NO. The van der Waals surface area contributed by atoms with Gasteiger partial charge in [-0.3, -0.25) is 0 Å². The zero-order chi connectivity index (χ0) is 38.7. The lowest BCUT2D eigenvalue weighted by atomic mass is 9.94. The van der Waals surface area contributed by atoms with Crippen LogP contribution in [0, 0.1) is 0 Å². The Kier molecular flexibility index (Phi) is 9.27. The first-order valence-electron chi connectivity index (χ1n) is 19.7. The summed E-state index contributed by atoms with van der Waals surface area (Å²) in [5, 5.41) is 1.11. The van der Waals surface area contributed by atoms with Crippen molar-refractivity contribution in [3.8, 4) is 67.0 Å². The summed E-state index contributed by atoms with van der Waals surface area (Å²) in [7, 11) is 0. The minimum atomic E-state index is 0.871. The highest BCUT2D eigenvalue weighted by molar-refractivity contribution is 5.87. The summed E-state index contributed by atoms with van der Waals surface area (Å²) in [4.78, 5) is 2.34. The van der Waals surface area contributed by atoms with E-state index in [-0.39, 0.29) is 0 Å². The first-order valence-corrected chi connectivity index (χ1v) is 19.7. The van der Waals surface area contributed by atoms with Gasteiger partial charge >= 0.3 is 0 Å². The Hall–Kier alpha value is -7.68. The Morgan fingerprint density at radius 1 is 0.259 bits per heavy atom. The lowest BCUT2D eigenvalue weighted by Crippen LogP contribution is -2.09. The minimum absolute atomic E-state index is 0.871. The minimum Gasteiger partial charge on any atom is -0.456 e. The Bertz CT molecular complexity index is 2930. The van der Waals surface area contributed by atoms with Gasteiger partial charge in [-0.15, -0.1) is 0 Å². The van der Waals surface area contributed by atoms with E-state index in [0.717, 1.165) is 50.5 Å². The van der Waals surface area contributed by atoms with Crippen molar-refractivity contribution in [1.29, 1.82) is 0 Å². The number of hydrogen-bond donors (Lipinski definition) is 0. The van der Waals surface area contributed by atoms with Crippen LogP contribution < -0.4 is 4.90 Å². The predicted octanol–water partition coefficient (Wildman–Crippen LogP) is 15.9. The molecule has 0 fully saturated rings. The maximum Gasteiger partial charge on any atom is 0.135 e. The number of fused-ring (bicyclic) bond motifs is 1. The SMILES string of the molecule is c1ccc(-c2cccc(-c3ccc(N(c4ccc(-c5cccc(-c6cc7ccccc7o6)c5)cc4)c4ccc(-c5ccccc5-c5ccccc5)cc4)cc3)c2)cc1. The molecule has 0 spiro atoms. The molecule has 0 saturated carbocycles. The lowest BCUT2D eigenvalue weighted by Gasteiger charge is -2.26. The number of anilines is 3. The average Bonchev–Trinajstić information content (AvgIpc) is 3.75. The van der Waals surface area contributed by atoms with Crippen molar-refractivity contribution in [3.63, 3.8) is 0 Å². The monoisotopic (exact) mass is 741 g/mol. The third-order valence-electron chi connectivity index (χ3n) is 10.9. The van der Waals surface area contributed by atoms with Crippen molar-refractivity contribution in [2.24, 2.45) is 0 Å². The standard InChI is InChI=1S/C56H39NO/c1-3-13-40(14-4-1)45-18-11-19-46(37-45)41-25-31-50(32-26-41)57(52-35-29-44(30-36-52)54-23-9-8-22-53(54)43-15-5-2-6-16-43)51-33-27-42(28-34-51)47-20-12-21-48(38-47)56-39-49-17-7-10-24-55(49)58-56/h1-39H. The molecule has 0 radical (unpaired) electrons. The molecule has 10 aromatic rings. The van der Waals surface area contributed by atoms with Crippen molar-refractivity contribution < 1.29 is 4.42 Å². The van der Waals surface area contributed by atoms with Gasteiger partial charge in [0, 0.05) is 28.0 Å². The summed E-state index contributed by atoms with van der Waals surface area (Å²) in [6, 6.07) is 84.2. The summed E-state index contributed by atoms with van der Waals surface area (Å²) in [6.07, 6.45) is 0. The smallest absolute Gasteiger partial charge is 0.135 e. The second kappa shape index (κ2) is 15.5. The van der Waals surface area contributed by atoms with Crippen molar-refractivity contribution >= 4 is 28.0 Å². The van der Waals surface area contributed by atoms with Gasteiger partial charge < -0.3 is 9.32 Å². The van der Waals surface area contributed by atoms with Gasteiger partial charge in [0.15, 0.2) is 0 Å². The fourth-order valence-corrected chi connectivity index (χ4v) is 7.93. The van der Waals surface area contributed by atoms with Crippen LogP contribution in [-0.2, 0) is 0 Å². The van der Waals surface area contributed by atoms with Gasteiger partial charge in [-0.25, -0.2) is 0 Å². The maximum absolute atomic E-state index is 6.21. The summed E-state index contributed by atoms with van der Waals surface area (Å²) in [6.45, 7) is 0. The highest BCUT2D eigenvalue weighted by Gasteiger charge is 2.16. The summed E-state index contributed by atoms with van der Waals surface area (Å²) in [5.41, 5.74) is 17.1. The molecule has 9 aromatic carbocycles. The third-order valence-corrected chi connectivity index (χ3v) is 10.9. The molecule has 0 bridgehead atoms. The number of rotatable bonds is 9. The van der Waals surface area contributed by atoms with Gasteiger partial charge in [-0.1, -0.05) is 176 Å². The van der Waals surface area contributed by atoms with E-state index in [2.05, 4.69) is 223 Å². The van der Waals surface area contributed by atoms with E-state index in [1.807, 2.05) is 18.2 Å². The molecule has 0 aliphatic rings. The second-order valence-electron chi connectivity index (χ2n) is 14.6. The molecule has 58 heavy (non-hydrogen) atoms. The third kappa shape index (κ3) is 7.00. The van der Waals surface area contributed by atoms with Crippen LogP contribution in [0.25, 0.3) is 77.9 Å². The van der Waals surface area contributed by atoms with Crippen LogP contribution in [0.5, 0.6) is 0 Å². The van der Waals surface area contributed by atoms with Gasteiger partial charge in [0.2, 0.25) is 0 Å². The number of furan rings is 1. The van der Waals surface area contributed by atoms with Gasteiger partial charge in [0.1, 0.15) is 11.3 Å². The Morgan fingerprint density at radius 2 is 0.638 bits per heavy atom. The maximum atomic E-state index is 6.21. The van der Waals surface area contributed by atoms with Crippen molar-refractivity contribution in [2.45, 2.75) is 0 Å². The topological polar surface area (TPSA) is 16.4 Å². The summed E-state index contributed by atoms with van der Waals surface area (Å²) < 4.78 is 6.21. The Morgan fingerprint density at radius 3 is 1.17 bits per heavy atom. The van der Waals surface area contributed by atoms with Gasteiger partial charge in [0.25, 0.3) is 0 Å². The first kappa shape index (κ1) is 34.8. The van der Waals surface area contributed by atoms with Crippen molar-refractivity contribution in [3.05, 3.63) is 237 Å². The first-order chi connectivity index (χ1) is 28.7. The molecule has 0 amide bonds. The van der Waals surface area contributed by atoms with E-state index < -0.39 is 0 Å². The van der Waals surface area contributed by atoms with Gasteiger partial charge in [0.05, 0.1) is 0 Å². The predicted molar refractivity (Wildman–Crippen MR) is 244 cm³/mol. The molecule has 0 N–H and O–H groups in total. The molecule has 2 heteroatoms. The van der Waals surface area contributed by atoms with E-state index in [0.29, 0.717) is 0 Å². The van der Waals surface area contributed by atoms with Crippen LogP contribution in [0.15, 0.2) is 241 Å². The van der Waals surface area contributed by atoms with Crippen LogP contribution in [0.4, 0.5) is 17.1 Å². The zero-order valence-corrected chi connectivity index (χ0v) is 31.9. The van der Waals surface area contributed by atoms with E-state index in [4.69, 9.17) is 4.42 Å². The number of benzene rings is 9. The molecule has 10 rings (SSSR count). The molecule has 274 valence electrons. The molecule has 0 aliphatic heterocycles. The second-order valence-corrected chi connectivity index (χ2v) is 14.6. The molecule has 0 atom stereocenters. The van der Waals surface area contributed by atoms with Crippen molar-refractivity contribution in [2.75, 3.05) is 4.90 Å². The molecular weight excluding hydrogens is 703 g/mol. The van der Waals surface area contributed by atoms with E-state index in [9.17, 15) is 0 Å². The van der Waals surface area contributed by atoms with Crippen LogP contribution in [0.1, 0.15) is 0 Å². The largest absolute Gasteiger partial charge is 0.456 e. The Labute approximate surface area is 339 Å². The number of para-hydroxylation sites is 1. The highest BCUT2D eigenvalue weighted by Crippen LogP contribution is 2.40. The summed E-state index contributed by atoms with van der Waals surface area (Å²) in [5.74, 6) is 0.871. The van der Waals surface area contributed by atoms with Crippen molar-refractivity contribution in [1.82, 2.24) is 0 Å². The zero-order valence-electron chi connectivity index (χ0n) is 31.9. The van der Waals surface area contributed by atoms with Crippen LogP contribution in [-0.4, -0.2) is 0 Å². The van der Waals surface area contributed by atoms with E-state index in [1.165, 1.54) is 44.5 Å². The molecule has 0 unspecified atom stereocenters. The summed E-state index contributed by atoms with van der Waals surface area (Å²) >= 11 is 0. The fraction of sp³-hybridized carbons (Fsp3) is 0. The molecule has 0 saturated heterocycles. The van der Waals surface area contributed by atoms with Crippen LogP contribution in [0.3, 0.4) is 0 Å². The highest BCUT2D eigenvalue weighted by atomic mass is 16.3. The normalized spacial score (nSPS) is 11.1.